The molecule has 194 valence electrons. The summed E-state index contributed by atoms with van der Waals surface area (Å²) in [6.07, 6.45) is 1.82. The van der Waals surface area contributed by atoms with Gasteiger partial charge in [0.05, 0.1) is 30.5 Å². The van der Waals surface area contributed by atoms with Gasteiger partial charge >= 0.3 is 5.97 Å². The fourth-order valence-corrected chi connectivity index (χ4v) is 5.66. The Kier molecular flexibility index (Phi) is 7.04. The summed E-state index contributed by atoms with van der Waals surface area (Å²) in [5, 5.41) is 4.24. The minimum atomic E-state index is -0.346. The van der Waals surface area contributed by atoms with Crippen molar-refractivity contribution in [3.05, 3.63) is 113 Å². The molecule has 2 aromatic heterocycles. The standard InChI is InChI=1S/C31H32N4O2S/c1-19(2)22-9-13-25(14-10-22)35-29(28(33-31(35)38)27-8-6-7-17-32-27)26-18-20(3)34(21(26)4)24-15-11-23(12-16-24)30(36)37-5/h6-19,28-29H,1-5H3,(H,33,38)/t28-,29+/m0/s1. The summed E-state index contributed by atoms with van der Waals surface area (Å²) in [5.41, 5.74) is 8.14. The lowest BCUT2D eigenvalue weighted by Crippen LogP contribution is -2.29. The minimum absolute atomic E-state index is 0.100. The maximum absolute atomic E-state index is 11.9. The Morgan fingerprint density at radius 2 is 1.68 bits per heavy atom. The molecule has 2 atom stereocenters. The molecule has 0 amide bonds. The first-order valence-electron chi connectivity index (χ1n) is 12.8. The summed E-state index contributed by atoms with van der Waals surface area (Å²) in [7, 11) is 1.39. The molecule has 6 nitrogen and oxygen atoms in total. The van der Waals surface area contributed by atoms with Gasteiger partial charge in [0.25, 0.3) is 0 Å². The summed E-state index contributed by atoms with van der Waals surface area (Å²) in [5.74, 6) is 0.107. The average molecular weight is 525 g/mol. The zero-order valence-electron chi connectivity index (χ0n) is 22.3. The smallest absolute Gasteiger partial charge is 0.337 e. The number of carbonyl (C=O) groups excluding carboxylic acids is 1. The molecular weight excluding hydrogens is 492 g/mol. The monoisotopic (exact) mass is 524 g/mol. The fourth-order valence-electron chi connectivity index (χ4n) is 5.32. The number of ether oxygens (including phenoxy) is 1. The Balaban J connectivity index is 1.61. The molecule has 1 aliphatic rings. The molecule has 2 aromatic carbocycles. The van der Waals surface area contributed by atoms with Gasteiger partial charge in [0, 0.05) is 29.0 Å². The number of pyridine rings is 1. The molecule has 0 saturated carbocycles. The highest BCUT2D eigenvalue weighted by atomic mass is 32.1. The zero-order valence-corrected chi connectivity index (χ0v) is 23.1. The van der Waals surface area contributed by atoms with Crippen LogP contribution in [0.2, 0.25) is 0 Å². The second kappa shape index (κ2) is 10.4. The Morgan fingerprint density at radius 1 is 1.00 bits per heavy atom. The first-order valence-corrected chi connectivity index (χ1v) is 13.2. The van der Waals surface area contributed by atoms with E-state index >= 15 is 0 Å². The number of methoxy groups -OCH3 is 1. The van der Waals surface area contributed by atoms with Gasteiger partial charge in [-0.1, -0.05) is 32.0 Å². The van der Waals surface area contributed by atoms with E-state index in [1.165, 1.54) is 12.7 Å². The van der Waals surface area contributed by atoms with Crippen LogP contribution in [-0.4, -0.2) is 27.7 Å². The lowest BCUT2D eigenvalue weighted by molar-refractivity contribution is 0.0600. The van der Waals surface area contributed by atoms with E-state index < -0.39 is 0 Å². The Bertz CT molecular complexity index is 1460. The summed E-state index contributed by atoms with van der Waals surface area (Å²) in [4.78, 5) is 18.8. The largest absolute Gasteiger partial charge is 0.465 e. The van der Waals surface area contributed by atoms with Crippen LogP contribution in [-0.2, 0) is 4.74 Å². The van der Waals surface area contributed by atoms with Crippen LogP contribution in [0, 0.1) is 13.8 Å². The van der Waals surface area contributed by atoms with Gasteiger partial charge in [-0.05, 0) is 97.7 Å². The van der Waals surface area contributed by atoms with Crippen LogP contribution in [0.3, 0.4) is 0 Å². The van der Waals surface area contributed by atoms with E-state index in [-0.39, 0.29) is 18.1 Å². The molecule has 1 aliphatic heterocycles. The number of esters is 1. The first kappa shape index (κ1) is 25.7. The number of thiocarbonyl (C=S) groups is 1. The third kappa shape index (κ3) is 4.58. The number of nitrogens with zero attached hydrogens (tertiary/aromatic N) is 3. The molecule has 3 heterocycles. The van der Waals surface area contributed by atoms with Gasteiger partial charge < -0.3 is 19.5 Å². The van der Waals surface area contributed by atoms with Gasteiger partial charge in [-0.3, -0.25) is 4.98 Å². The van der Waals surface area contributed by atoms with E-state index in [0.29, 0.717) is 16.6 Å². The summed E-state index contributed by atoms with van der Waals surface area (Å²) in [6.45, 7) is 8.63. The van der Waals surface area contributed by atoms with E-state index in [4.69, 9.17) is 17.0 Å². The fraction of sp³-hybridized carbons (Fsp3) is 0.258. The Morgan fingerprint density at radius 3 is 2.29 bits per heavy atom. The van der Waals surface area contributed by atoms with Crippen molar-refractivity contribution in [2.45, 2.75) is 45.7 Å². The van der Waals surface area contributed by atoms with Gasteiger partial charge in [0.2, 0.25) is 0 Å². The number of benzene rings is 2. The van der Waals surface area contributed by atoms with Crippen LogP contribution in [0.1, 0.15) is 70.4 Å². The number of carbonyl (C=O) groups is 1. The number of rotatable bonds is 6. The number of aryl methyl sites for hydroxylation is 1. The van der Waals surface area contributed by atoms with Crippen molar-refractivity contribution in [1.82, 2.24) is 14.9 Å². The number of nitrogens with one attached hydrogen (secondary N) is 1. The van der Waals surface area contributed by atoms with Crippen molar-refractivity contribution in [2.75, 3.05) is 12.0 Å². The maximum Gasteiger partial charge on any atom is 0.337 e. The van der Waals surface area contributed by atoms with Crippen LogP contribution >= 0.6 is 12.2 Å². The van der Waals surface area contributed by atoms with Gasteiger partial charge in [0.1, 0.15) is 0 Å². The van der Waals surface area contributed by atoms with Crippen LogP contribution in [0.15, 0.2) is 79.0 Å². The Labute approximate surface area is 229 Å². The molecule has 1 fully saturated rings. The van der Waals surface area contributed by atoms with E-state index in [2.05, 4.69) is 77.8 Å². The average Bonchev–Trinajstić information content (AvgIpc) is 3.43. The third-order valence-electron chi connectivity index (χ3n) is 7.27. The van der Waals surface area contributed by atoms with Crippen LogP contribution in [0.4, 0.5) is 5.69 Å². The summed E-state index contributed by atoms with van der Waals surface area (Å²) in [6, 6.07) is 24.2. The third-order valence-corrected chi connectivity index (χ3v) is 7.59. The molecule has 4 aromatic rings. The van der Waals surface area contributed by atoms with Crippen LogP contribution < -0.4 is 10.2 Å². The van der Waals surface area contributed by atoms with E-state index in [0.717, 1.165) is 34.0 Å². The molecule has 5 rings (SSSR count). The van der Waals surface area contributed by atoms with Crippen LogP contribution in [0.25, 0.3) is 5.69 Å². The molecule has 0 unspecified atom stereocenters. The molecule has 38 heavy (non-hydrogen) atoms. The van der Waals surface area contributed by atoms with Crippen molar-refractivity contribution in [3.8, 4) is 5.69 Å². The lowest BCUT2D eigenvalue weighted by Gasteiger charge is -2.28. The molecule has 1 saturated heterocycles. The SMILES string of the molecule is COC(=O)c1ccc(-n2c(C)cc([C@@H]3[C@H](c4ccccn4)NC(=S)N3c3ccc(C(C)C)cc3)c2C)cc1. The van der Waals surface area contributed by atoms with Gasteiger partial charge in [-0.15, -0.1) is 0 Å². The topological polar surface area (TPSA) is 59.4 Å². The number of aromatic nitrogens is 2. The van der Waals surface area contributed by atoms with Gasteiger partial charge in [-0.25, -0.2) is 4.79 Å². The summed E-state index contributed by atoms with van der Waals surface area (Å²) < 4.78 is 7.08. The van der Waals surface area contributed by atoms with Crippen molar-refractivity contribution < 1.29 is 9.53 Å². The highest BCUT2D eigenvalue weighted by Gasteiger charge is 2.42. The minimum Gasteiger partial charge on any atom is -0.465 e. The van der Waals surface area contributed by atoms with E-state index in [1.807, 2.05) is 36.5 Å². The molecule has 0 spiro atoms. The maximum atomic E-state index is 11.9. The Hall–Kier alpha value is -3.97. The quantitative estimate of drug-likeness (QED) is 0.227. The second-order valence-corrected chi connectivity index (χ2v) is 10.3. The number of hydrogen-bond acceptors (Lipinski definition) is 4. The van der Waals surface area contributed by atoms with Crippen molar-refractivity contribution in [1.29, 1.82) is 0 Å². The molecule has 0 bridgehead atoms. The number of hydrogen-bond donors (Lipinski definition) is 1. The predicted octanol–water partition coefficient (Wildman–Crippen LogP) is 6.58. The highest BCUT2D eigenvalue weighted by Crippen LogP contribution is 2.44. The normalized spacial score (nSPS) is 17.1. The zero-order chi connectivity index (χ0) is 27.0. The summed E-state index contributed by atoms with van der Waals surface area (Å²) >= 11 is 5.92. The van der Waals surface area contributed by atoms with Crippen molar-refractivity contribution >= 4 is 29.0 Å². The van der Waals surface area contributed by atoms with Crippen LogP contribution in [0.5, 0.6) is 0 Å². The molecule has 0 radical (unpaired) electrons. The lowest BCUT2D eigenvalue weighted by atomic mass is 9.96. The highest BCUT2D eigenvalue weighted by molar-refractivity contribution is 7.80. The van der Waals surface area contributed by atoms with E-state index in [1.54, 1.807) is 12.1 Å². The number of anilines is 1. The predicted molar refractivity (Wildman–Crippen MR) is 155 cm³/mol. The molecular formula is C31H32N4O2S. The first-order chi connectivity index (χ1) is 18.3. The molecule has 7 heteroatoms. The molecule has 1 N–H and O–H groups in total. The van der Waals surface area contributed by atoms with E-state index in [9.17, 15) is 4.79 Å². The van der Waals surface area contributed by atoms with Crippen molar-refractivity contribution in [2.24, 2.45) is 0 Å². The van der Waals surface area contributed by atoms with Gasteiger partial charge in [0.15, 0.2) is 5.11 Å². The van der Waals surface area contributed by atoms with Crippen molar-refractivity contribution in [3.63, 3.8) is 0 Å². The molecule has 0 aliphatic carbocycles. The second-order valence-electron chi connectivity index (χ2n) is 9.94. The van der Waals surface area contributed by atoms with Gasteiger partial charge in [-0.2, -0.15) is 0 Å².